The van der Waals surface area contributed by atoms with Crippen molar-refractivity contribution in [1.29, 1.82) is 0 Å². The second-order valence-corrected chi connectivity index (χ2v) is 6.56. The molecule has 2 heterocycles. The van der Waals surface area contributed by atoms with Crippen LogP contribution in [0.5, 0.6) is 0 Å². The van der Waals surface area contributed by atoms with E-state index in [0.29, 0.717) is 5.69 Å². The first-order valence-electron chi connectivity index (χ1n) is 8.81. The van der Waals surface area contributed by atoms with Gasteiger partial charge in [0.05, 0.1) is 5.69 Å². The number of aromatic nitrogens is 2. The molecule has 0 saturated carbocycles. The first-order chi connectivity index (χ1) is 13.5. The molecule has 0 bridgehead atoms. The van der Waals surface area contributed by atoms with Gasteiger partial charge in [-0.2, -0.15) is 9.78 Å². The lowest BCUT2D eigenvalue weighted by molar-refractivity contribution is -0.142. The van der Waals surface area contributed by atoms with Crippen LogP contribution in [-0.2, 0) is 17.8 Å². The van der Waals surface area contributed by atoms with Gasteiger partial charge in [-0.1, -0.05) is 42.5 Å². The van der Waals surface area contributed by atoms with E-state index < -0.39 is 17.9 Å². The van der Waals surface area contributed by atoms with Gasteiger partial charge in [-0.3, -0.25) is 9.59 Å². The number of carbonyl (C=O) groups excluding carboxylic acids is 1. The Morgan fingerprint density at radius 3 is 2.32 bits per heavy atom. The van der Waals surface area contributed by atoms with Crippen molar-refractivity contribution in [2.75, 3.05) is 0 Å². The first kappa shape index (κ1) is 17.7. The molecule has 1 N–H and O–H groups in total. The number of carboxylic acids is 1. The molecular weight excluding hydrogens is 358 g/mol. The van der Waals surface area contributed by atoms with Crippen molar-refractivity contribution in [3.63, 3.8) is 0 Å². The van der Waals surface area contributed by atoms with E-state index in [2.05, 4.69) is 5.10 Å². The fourth-order valence-corrected chi connectivity index (χ4v) is 3.38. The maximum absolute atomic E-state index is 13.1. The summed E-state index contributed by atoms with van der Waals surface area (Å²) in [7, 11) is 0. The van der Waals surface area contributed by atoms with Gasteiger partial charge in [-0.15, -0.1) is 0 Å². The molecular formula is C21H17N3O4. The number of carboxylic acid groups (broad SMARTS) is 1. The van der Waals surface area contributed by atoms with Crippen molar-refractivity contribution in [3.8, 4) is 5.69 Å². The van der Waals surface area contributed by atoms with Crippen molar-refractivity contribution < 1.29 is 14.7 Å². The molecule has 0 aliphatic carbocycles. The average molecular weight is 375 g/mol. The van der Waals surface area contributed by atoms with E-state index in [9.17, 15) is 19.5 Å². The minimum Gasteiger partial charge on any atom is -0.480 e. The summed E-state index contributed by atoms with van der Waals surface area (Å²) in [6, 6.07) is 17.8. The Labute approximate surface area is 160 Å². The molecule has 0 radical (unpaired) electrons. The van der Waals surface area contributed by atoms with Gasteiger partial charge in [-0.25, -0.2) is 4.79 Å². The second kappa shape index (κ2) is 7.11. The largest absolute Gasteiger partial charge is 0.480 e. The highest BCUT2D eigenvalue weighted by Crippen LogP contribution is 2.24. The molecule has 1 aromatic heterocycles. The van der Waals surface area contributed by atoms with Gasteiger partial charge < -0.3 is 10.0 Å². The third-order valence-corrected chi connectivity index (χ3v) is 4.81. The predicted molar refractivity (Wildman–Crippen MR) is 101 cm³/mol. The molecule has 1 atom stereocenters. The average Bonchev–Trinajstić information content (AvgIpc) is 2.73. The maximum atomic E-state index is 13.1. The van der Waals surface area contributed by atoms with Crippen LogP contribution in [0.4, 0.5) is 0 Å². The van der Waals surface area contributed by atoms with E-state index in [1.165, 1.54) is 17.0 Å². The quantitative estimate of drug-likeness (QED) is 0.755. The molecule has 140 valence electrons. The van der Waals surface area contributed by atoms with Crippen LogP contribution in [0.25, 0.3) is 5.69 Å². The van der Waals surface area contributed by atoms with Gasteiger partial charge in [0.2, 0.25) is 0 Å². The van der Waals surface area contributed by atoms with Crippen LogP contribution in [0.15, 0.2) is 71.5 Å². The number of rotatable bonds is 3. The highest BCUT2D eigenvalue weighted by atomic mass is 16.4. The Bertz CT molecular complexity index is 1110. The fourth-order valence-electron chi connectivity index (χ4n) is 3.38. The summed E-state index contributed by atoms with van der Waals surface area (Å²) in [5, 5.41) is 13.8. The third-order valence-electron chi connectivity index (χ3n) is 4.81. The highest BCUT2D eigenvalue weighted by molar-refractivity contribution is 5.95. The van der Waals surface area contributed by atoms with Crippen molar-refractivity contribution >= 4 is 11.9 Å². The zero-order valence-corrected chi connectivity index (χ0v) is 14.9. The SMILES string of the molecule is O=C(O)C1Cc2ccccc2CN1C(=O)c1ccc(=O)n(-c2ccccc2)n1. The summed E-state index contributed by atoms with van der Waals surface area (Å²) < 4.78 is 1.14. The van der Waals surface area contributed by atoms with Crippen LogP contribution in [0, 0.1) is 0 Å². The number of hydrogen-bond acceptors (Lipinski definition) is 4. The lowest BCUT2D eigenvalue weighted by Crippen LogP contribution is -2.49. The fraction of sp³-hybridized carbons (Fsp3) is 0.143. The number of hydrogen-bond donors (Lipinski definition) is 1. The van der Waals surface area contributed by atoms with E-state index in [4.69, 9.17) is 0 Å². The number of benzene rings is 2. The molecule has 0 spiro atoms. The number of aliphatic carboxylic acids is 1. The number of fused-ring (bicyclic) bond motifs is 1. The third kappa shape index (κ3) is 3.18. The number of carbonyl (C=O) groups is 2. The summed E-state index contributed by atoms with van der Waals surface area (Å²) in [6.45, 7) is 0.179. The number of amides is 1. The molecule has 1 aliphatic heterocycles. The smallest absolute Gasteiger partial charge is 0.326 e. The van der Waals surface area contributed by atoms with Crippen LogP contribution in [0.2, 0.25) is 0 Å². The Kier molecular flexibility index (Phi) is 4.49. The Morgan fingerprint density at radius 1 is 0.929 bits per heavy atom. The molecule has 1 unspecified atom stereocenters. The number of para-hydroxylation sites is 1. The van der Waals surface area contributed by atoms with Crippen molar-refractivity contribution in [3.05, 3.63) is 93.9 Å². The minimum atomic E-state index is -1.07. The summed E-state index contributed by atoms with van der Waals surface area (Å²) in [6.07, 6.45) is 0.232. The zero-order chi connectivity index (χ0) is 19.7. The molecule has 7 heteroatoms. The molecule has 4 rings (SSSR count). The van der Waals surface area contributed by atoms with Crippen molar-refractivity contribution in [1.82, 2.24) is 14.7 Å². The molecule has 2 aromatic carbocycles. The topological polar surface area (TPSA) is 92.5 Å². The van der Waals surface area contributed by atoms with Crippen molar-refractivity contribution in [2.45, 2.75) is 19.0 Å². The van der Waals surface area contributed by atoms with Crippen LogP contribution in [0.3, 0.4) is 0 Å². The highest BCUT2D eigenvalue weighted by Gasteiger charge is 2.35. The molecule has 3 aromatic rings. The summed E-state index contributed by atoms with van der Waals surface area (Å²) in [5.74, 6) is -1.59. The van der Waals surface area contributed by atoms with E-state index in [1.54, 1.807) is 24.3 Å². The summed E-state index contributed by atoms with van der Waals surface area (Å²) in [4.78, 5) is 38.4. The molecule has 0 saturated heterocycles. The Hall–Kier alpha value is -3.74. The first-order valence-corrected chi connectivity index (χ1v) is 8.81. The van der Waals surface area contributed by atoms with Gasteiger partial charge in [0.15, 0.2) is 0 Å². The standard InChI is InChI=1S/C21H17N3O4/c25-19-11-10-17(22-24(19)16-8-2-1-3-9-16)20(26)23-13-15-7-5-4-6-14(15)12-18(23)21(27)28/h1-11,18H,12-13H2,(H,27,28). The van der Waals surface area contributed by atoms with Gasteiger partial charge >= 0.3 is 5.97 Å². The normalized spacial score (nSPS) is 15.7. The molecule has 0 fully saturated rings. The summed E-state index contributed by atoms with van der Waals surface area (Å²) in [5.41, 5.74) is 2.00. The van der Waals surface area contributed by atoms with Gasteiger partial charge in [0, 0.05) is 19.0 Å². The Morgan fingerprint density at radius 2 is 1.61 bits per heavy atom. The molecule has 7 nitrogen and oxygen atoms in total. The second-order valence-electron chi connectivity index (χ2n) is 6.56. The van der Waals surface area contributed by atoms with E-state index >= 15 is 0 Å². The van der Waals surface area contributed by atoms with Crippen LogP contribution >= 0.6 is 0 Å². The zero-order valence-electron chi connectivity index (χ0n) is 14.9. The maximum Gasteiger partial charge on any atom is 0.326 e. The summed E-state index contributed by atoms with van der Waals surface area (Å²) >= 11 is 0. The van der Waals surface area contributed by atoms with E-state index in [1.807, 2.05) is 30.3 Å². The lowest BCUT2D eigenvalue weighted by Gasteiger charge is -2.34. The van der Waals surface area contributed by atoms with Gasteiger partial charge in [-0.05, 0) is 29.3 Å². The van der Waals surface area contributed by atoms with Crippen LogP contribution in [-0.4, -0.2) is 37.7 Å². The van der Waals surface area contributed by atoms with E-state index in [-0.39, 0.29) is 24.2 Å². The molecule has 1 aliphatic rings. The Balaban J connectivity index is 1.73. The van der Waals surface area contributed by atoms with Gasteiger partial charge in [0.25, 0.3) is 11.5 Å². The minimum absolute atomic E-state index is 0.0223. The molecule has 28 heavy (non-hydrogen) atoms. The lowest BCUT2D eigenvalue weighted by atomic mass is 9.93. The predicted octanol–water partition coefficient (Wildman–Crippen LogP) is 1.88. The van der Waals surface area contributed by atoms with E-state index in [0.717, 1.165) is 15.8 Å². The van der Waals surface area contributed by atoms with Gasteiger partial charge in [0.1, 0.15) is 11.7 Å². The van der Waals surface area contributed by atoms with Crippen LogP contribution in [0.1, 0.15) is 21.6 Å². The number of nitrogens with zero attached hydrogens (tertiary/aromatic N) is 3. The molecule has 1 amide bonds. The van der Waals surface area contributed by atoms with Crippen LogP contribution < -0.4 is 5.56 Å². The monoisotopic (exact) mass is 375 g/mol. The van der Waals surface area contributed by atoms with Crippen molar-refractivity contribution in [2.24, 2.45) is 0 Å².